The van der Waals surface area contributed by atoms with Gasteiger partial charge in [-0.2, -0.15) is 0 Å². The van der Waals surface area contributed by atoms with Gasteiger partial charge in [-0.25, -0.2) is 0 Å². The molecule has 92 valence electrons. The van der Waals surface area contributed by atoms with Crippen LogP contribution in [0.5, 0.6) is 0 Å². The third-order valence-corrected chi connectivity index (χ3v) is 3.77. The standard InChI is InChI=1S/C10H10Br2N2O3/c11-8-5-7(13-1-3-17-4-2-13)6-9(12)10(8)14(15)16/h5-6H,1-4H2. The van der Waals surface area contributed by atoms with Crippen LogP contribution in [0, 0.1) is 10.1 Å². The fourth-order valence-corrected chi connectivity index (χ4v) is 3.18. The molecule has 0 N–H and O–H groups in total. The monoisotopic (exact) mass is 364 g/mol. The molecule has 1 aromatic carbocycles. The molecule has 1 fully saturated rings. The van der Waals surface area contributed by atoms with Crippen molar-refractivity contribution in [3.63, 3.8) is 0 Å². The minimum Gasteiger partial charge on any atom is -0.378 e. The van der Waals surface area contributed by atoms with E-state index in [0.29, 0.717) is 22.2 Å². The van der Waals surface area contributed by atoms with Crippen LogP contribution in [0.4, 0.5) is 11.4 Å². The predicted octanol–water partition coefficient (Wildman–Crippen LogP) is 2.96. The molecule has 17 heavy (non-hydrogen) atoms. The third kappa shape index (κ3) is 2.78. The molecule has 7 heteroatoms. The second kappa shape index (κ2) is 5.32. The van der Waals surface area contributed by atoms with Crippen LogP contribution in [-0.4, -0.2) is 31.2 Å². The molecule has 1 heterocycles. The molecule has 1 aliphatic rings. The summed E-state index contributed by atoms with van der Waals surface area (Å²) in [5, 5.41) is 10.8. The van der Waals surface area contributed by atoms with E-state index in [1.165, 1.54) is 0 Å². The molecule has 0 radical (unpaired) electrons. The minimum absolute atomic E-state index is 0.0574. The van der Waals surface area contributed by atoms with E-state index in [-0.39, 0.29) is 5.69 Å². The van der Waals surface area contributed by atoms with Crippen molar-refractivity contribution in [1.82, 2.24) is 0 Å². The molecule has 1 saturated heterocycles. The van der Waals surface area contributed by atoms with Crippen LogP contribution in [0.1, 0.15) is 0 Å². The number of nitrogens with zero attached hydrogens (tertiary/aromatic N) is 2. The van der Waals surface area contributed by atoms with Crippen LogP contribution >= 0.6 is 31.9 Å². The topological polar surface area (TPSA) is 55.6 Å². The second-order valence-corrected chi connectivity index (χ2v) is 5.32. The fraction of sp³-hybridized carbons (Fsp3) is 0.400. The number of anilines is 1. The second-order valence-electron chi connectivity index (χ2n) is 3.61. The van der Waals surface area contributed by atoms with Crippen LogP contribution in [0.25, 0.3) is 0 Å². The lowest BCUT2D eigenvalue weighted by Crippen LogP contribution is -2.36. The van der Waals surface area contributed by atoms with E-state index in [0.717, 1.165) is 18.8 Å². The van der Waals surface area contributed by atoms with Crippen LogP contribution < -0.4 is 4.90 Å². The molecule has 0 unspecified atom stereocenters. The van der Waals surface area contributed by atoms with E-state index in [9.17, 15) is 10.1 Å². The summed E-state index contributed by atoms with van der Waals surface area (Å²) in [4.78, 5) is 12.6. The summed E-state index contributed by atoms with van der Waals surface area (Å²) >= 11 is 6.47. The summed E-state index contributed by atoms with van der Waals surface area (Å²) in [5.41, 5.74) is 1.01. The number of nitro benzene ring substituents is 1. The highest BCUT2D eigenvalue weighted by Gasteiger charge is 2.20. The Hall–Kier alpha value is -0.660. The fourth-order valence-electron chi connectivity index (χ4n) is 1.73. The van der Waals surface area contributed by atoms with Gasteiger partial charge in [-0.15, -0.1) is 0 Å². The molecule has 2 rings (SSSR count). The molecular weight excluding hydrogens is 356 g/mol. The van der Waals surface area contributed by atoms with Gasteiger partial charge in [0.1, 0.15) is 0 Å². The Labute approximate surface area is 115 Å². The number of morpholine rings is 1. The van der Waals surface area contributed by atoms with Crippen LogP contribution in [-0.2, 0) is 4.74 Å². The van der Waals surface area contributed by atoms with Gasteiger partial charge in [0.2, 0.25) is 0 Å². The molecular formula is C10H10Br2N2O3. The van der Waals surface area contributed by atoms with Crippen molar-refractivity contribution < 1.29 is 9.66 Å². The molecule has 1 aromatic rings. The van der Waals surface area contributed by atoms with Crippen molar-refractivity contribution in [2.75, 3.05) is 31.2 Å². The van der Waals surface area contributed by atoms with Crippen molar-refractivity contribution in [2.24, 2.45) is 0 Å². The normalized spacial score (nSPS) is 16.0. The van der Waals surface area contributed by atoms with Gasteiger partial charge in [0.25, 0.3) is 5.69 Å². The Balaban J connectivity index is 2.34. The lowest BCUT2D eigenvalue weighted by Gasteiger charge is -2.29. The lowest BCUT2D eigenvalue weighted by molar-refractivity contribution is -0.386. The average Bonchev–Trinajstić information content (AvgIpc) is 2.28. The number of hydrogen-bond acceptors (Lipinski definition) is 4. The minimum atomic E-state index is -0.405. The largest absolute Gasteiger partial charge is 0.378 e. The summed E-state index contributed by atoms with van der Waals surface area (Å²) in [6.45, 7) is 2.98. The summed E-state index contributed by atoms with van der Waals surface area (Å²) in [5.74, 6) is 0. The highest BCUT2D eigenvalue weighted by molar-refractivity contribution is 9.11. The van der Waals surface area contributed by atoms with Gasteiger partial charge in [0.05, 0.1) is 27.1 Å². The number of nitro groups is 1. The Morgan fingerprint density at radius 3 is 2.24 bits per heavy atom. The van der Waals surface area contributed by atoms with E-state index < -0.39 is 4.92 Å². The number of rotatable bonds is 2. The van der Waals surface area contributed by atoms with Gasteiger partial charge in [-0.05, 0) is 44.0 Å². The van der Waals surface area contributed by atoms with E-state index in [4.69, 9.17) is 4.74 Å². The van der Waals surface area contributed by atoms with E-state index in [1.807, 2.05) is 0 Å². The third-order valence-electron chi connectivity index (χ3n) is 2.56. The van der Waals surface area contributed by atoms with Crippen LogP contribution in [0.2, 0.25) is 0 Å². The van der Waals surface area contributed by atoms with Gasteiger partial charge < -0.3 is 9.64 Å². The molecule has 0 aromatic heterocycles. The molecule has 1 aliphatic heterocycles. The quantitative estimate of drug-likeness (QED) is 0.597. The smallest absolute Gasteiger partial charge is 0.297 e. The average molecular weight is 366 g/mol. The van der Waals surface area contributed by atoms with E-state index >= 15 is 0 Å². The number of hydrogen-bond donors (Lipinski definition) is 0. The first kappa shape index (κ1) is 12.8. The first-order chi connectivity index (χ1) is 8.09. The Bertz CT molecular complexity index is 424. The molecule has 0 aliphatic carbocycles. The van der Waals surface area contributed by atoms with Gasteiger partial charge >= 0.3 is 0 Å². The Kier molecular flexibility index (Phi) is 4.01. The lowest BCUT2D eigenvalue weighted by atomic mass is 10.2. The van der Waals surface area contributed by atoms with Crippen molar-refractivity contribution in [2.45, 2.75) is 0 Å². The molecule has 5 nitrogen and oxygen atoms in total. The van der Waals surface area contributed by atoms with Crippen LogP contribution in [0.15, 0.2) is 21.1 Å². The molecule has 0 amide bonds. The van der Waals surface area contributed by atoms with E-state index in [2.05, 4.69) is 36.8 Å². The van der Waals surface area contributed by atoms with E-state index in [1.54, 1.807) is 12.1 Å². The Morgan fingerprint density at radius 1 is 1.24 bits per heavy atom. The predicted molar refractivity (Wildman–Crippen MR) is 71.5 cm³/mol. The zero-order valence-corrected chi connectivity index (χ0v) is 12.0. The summed E-state index contributed by atoms with van der Waals surface area (Å²) in [7, 11) is 0. The zero-order chi connectivity index (χ0) is 12.4. The molecule has 0 bridgehead atoms. The summed E-state index contributed by atoms with van der Waals surface area (Å²) in [6, 6.07) is 3.54. The van der Waals surface area contributed by atoms with Gasteiger partial charge in [0, 0.05) is 18.8 Å². The maximum Gasteiger partial charge on any atom is 0.297 e. The Morgan fingerprint density at radius 2 is 1.76 bits per heavy atom. The first-order valence-electron chi connectivity index (χ1n) is 5.05. The van der Waals surface area contributed by atoms with Crippen molar-refractivity contribution >= 4 is 43.2 Å². The van der Waals surface area contributed by atoms with Gasteiger partial charge in [-0.1, -0.05) is 0 Å². The van der Waals surface area contributed by atoms with Gasteiger partial charge in [0.15, 0.2) is 0 Å². The maximum atomic E-state index is 10.8. The maximum absolute atomic E-state index is 10.8. The number of halogens is 2. The van der Waals surface area contributed by atoms with Crippen molar-refractivity contribution in [1.29, 1.82) is 0 Å². The number of ether oxygens (including phenoxy) is 1. The summed E-state index contributed by atoms with van der Waals surface area (Å²) in [6.07, 6.45) is 0. The van der Waals surface area contributed by atoms with Crippen molar-refractivity contribution in [3.05, 3.63) is 31.2 Å². The summed E-state index contributed by atoms with van der Waals surface area (Å²) < 4.78 is 6.24. The van der Waals surface area contributed by atoms with Crippen LogP contribution in [0.3, 0.4) is 0 Å². The molecule has 0 saturated carbocycles. The highest BCUT2D eigenvalue weighted by Crippen LogP contribution is 2.37. The SMILES string of the molecule is O=[N+]([O-])c1c(Br)cc(N2CCOCC2)cc1Br. The van der Waals surface area contributed by atoms with Gasteiger partial charge in [-0.3, -0.25) is 10.1 Å². The highest BCUT2D eigenvalue weighted by atomic mass is 79.9. The number of benzene rings is 1. The van der Waals surface area contributed by atoms with Crippen molar-refractivity contribution in [3.8, 4) is 0 Å². The molecule has 0 spiro atoms. The first-order valence-corrected chi connectivity index (χ1v) is 6.64. The zero-order valence-electron chi connectivity index (χ0n) is 8.86. The molecule has 0 atom stereocenters.